The van der Waals surface area contributed by atoms with Crippen molar-refractivity contribution < 1.29 is 18.7 Å². The number of aromatic nitrogens is 3. The summed E-state index contributed by atoms with van der Waals surface area (Å²) in [5, 5.41) is 11.1. The lowest BCUT2D eigenvalue weighted by molar-refractivity contribution is -0.113. The molecular weight excluding hydrogens is 380 g/mol. The molecular formula is C19H20N4O4S. The maximum Gasteiger partial charge on any atom is 0.277 e. The van der Waals surface area contributed by atoms with Gasteiger partial charge in [-0.2, -0.15) is 0 Å². The van der Waals surface area contributed by atoms with Gasteiger partial charge in [-0.3, -0.25) is 9.78 Å². The standard InChI is InChI=1S/C19H20N4O4S/c1-3-25-14-5-6-16(26-4-2)15(11-14)21-17(24)12-28-19-23-22-18(27-19)13-7-9-20-10-8-13/h5-11H,3-4,12H2,1-2H3,(H,21,24). The zero-order valence-electron chi connectivity index (χ0n) is 15.5. The zero-order chi connectivity index (χ0) is 19.8. The van der Waals surface area contributed by atoms with E-state index in [0.717, 1.165) is 17.3 Å². The van der Waals surface area contributed by atoms with Gasteiger partial charge < -0.3 is 19.2 Å². The first-order valence-corrected chi connectivity index (χ1v) is 9.74. The number of pyridine rings is 1. The summed E-state index contributed by atoms with van der Waals surface area (Å²) in [5.41, 5.74) is 1.33. The molecule has 3 aromatic rings. The highest BCUT2D eigenvalue weighted by atomic mass is 32.2. The van der Waals surface area contributed by atoms with E-state index in [4.69, 9.17) is 13.9 Å². The molecule has 2 aromatic heterocycles. The Morgan fingerprint density at radius 1 is 1.11 bits per heavy atom. The van der Waals surface area contributed by atoms with Crippen LogP contribution in [0.15, 0.2) is 52.4 Å². The second-order valence-corrected chi connectivity index (χ2v) is 6.40. The van der Waals surface area contributed by atoms with Crippen molar-refractivity contribution in [3.8, 4) is 23.0 Å². The van der Waals surface area contributed by atoms with Gasteiger partial charge in [-0.15, -0.1) is 10.2 Å². The number of benzene rings is 1. The van der Waals surface area contributed by atoms with Crippen LogP contribution in [0.2, 0.25) is 0 Å². The number of carbonyl (C=O) groups excluding carboxylic acids is 1. The average molecular weight is 400 g/mol. The van der Waals surface area contributed by atoms with E-state index in [1.165, 1.54) is 0 Å². The number of nitrogens with one attached hydrogen (secondary N) is 1. The first-order valence-electron chi connectivity index (χ1n) is 8.75. The van der Waals surface area contributed by atoms with E-state index >= 15 is 0 Å². The molecule has 0 spiro atoms. The van der Waals surface area contributed by atoms with Crippen molar-refractivity contribution in [3.63, 3.8) is 0 Å². The van der Waals surface area contributed by atoms with Gasteiger partial charge in [0.2, 0.25) is 11.8 Å². The molecule has 0 unspecified atom stereocenters. The summed E-state index contributed by atoms with van der Waals surface area (Å²) < 4.78 is 16.6. The van der Waals surface area contributed by atoms with E-state index in [2.05, 4.69) is 20.5 Å². The van der Waals surface area contributed by atoms with Crippen LogP contribution >= 0.6 is 11.8 Å². The Labute approximate surface area is 166 Å². The molecule has 28 heavy (non-hydrogen) atoms. The molecule has 0 saturated carbocycles. The van der Waals surface area contributed by atoms with Crippen LogP contribution < -0.4 is 14.8 Å². The van der Waals surface area contributed by atoms with Crippen molar-refractivity contribution in [3.05, 3.63) is 42.7 Å². The third kappa shape index (κ3) is 5.23. The minimum absolute atomic E-state index is 0.113. The van der Waals surface area contributed by atoms with Gasteiger partial charge in [-0.25, -0.2) is 0 Å². The highest BCUT2D eigenvalue weighted by Gasteiger charge is 2.13. The van der Waals surface area contributed by atoms with Crippen LogP contribution in [0.5, 0.6) is 11.5 Å². The van der Waals surface area contributed by atoms with Gasteiger partial charge in [0, 0.05) is 24.0 Å². The summed E-state index contributed by atoms with van der Waals surface area (Å²) in [7, 11) is 0. The Kier molecular flexibility index (Phi) is 6.85. The van der Waals surface area contributed by atoms with Crippen molar-refractivity contribution in [1.82, 2.24) is 15.2 Å². The molecule has 0 bridgehead atoms. The lowest BCUT2D eigenvalue weighted by Gasteiger charge is -2.13. The van der Waals surface area contributed by atoms with Crippen molar-refractivity contribution in [2.24, 2.45) is 0 Å². The summed E-state index contributed by atoms with van der Waals surface area (Å²) in [5.74, 6) is 1.52. The molecule has 0 atom stereocenters. The van der Waals surface area contributed by atoms with Gasteiger partial charge >= 0.3 is 0 Å². The van der Waals surface area contributed by atoms with E-state index in [1.807, 2.05) is 13.8 Å². The number of rotatable bonds is 9. The molecule has 3 rings (SSSR count). The fourth-order valence-corrected chi connectivity index (χ4v) is 2.90. The number of ether oxygens (including phenoxy) is 2. The molecule has 0 aliphatic rings. The zero-order valence-corrected chi connectivity index (χ0v) is 16.4. The molecule has 0 aliphatic heterocycles. The normalized spacial score (nSPS) is 10.5. The SMILES string of the molecule is CCOc1ccc(OCC)c(NC(=O)CSc2nnc(-c3ccncc3)o2)c1. The van der Waals surface area contributed by atoms with Gasteiger partial charge in [0.25, 0.3) is 5.22 Å². The van der Waals surface area contributed by atoms with Crippen LogP contribution in [-0.2, 0) is 4.79 Å². The molecule has 1 amide bonds. The molecule has 2 heterocycles. The average Bonchev–Trinajstić information content (AvgIpc) is 3.19. The molecule has 1 aromatic carbocycles. The molecule has 0 saturated heterocycles. The minimum atomic E-state index is -0.219. The van der Waals surface area contributed by atoms with Crippen molar-refractivity contribution in [2.75, 3.05) is 24.3 Å². The smallest absolute Gasteiger partial charge is 0.277 e. The van der Waals surface area contributed by atoms with Gasteiger partial charge in [0.1, 0.15) is 11.5 Å². The van der Waals surface area contributed by atoms with Gasteiger partial charge in [0.15, 0.2) is 0 Å². The van der Waals surface area contributed by atoms with Crippen LogP contribution in [-0.4, -0.2) is 40.1 Å². The van der Waals surface area contributed by atoms with Crippen LogP contribution in [0.25, 0.3) is 11.5 Å². The number of hydrogen-bond acceptors (Lipinski definition) is 8. The van der Waals surface area contributed by atoms with Crippen LogP contribution in [0.4, 0.5) is 5.69 Å². The molecule has 0 fully saturated rings. The van der Waals surface area contributed by atoms with E-state index in [-0.39, 0.29) is 11.7 Å². The van der Waals surface area contributed by atoms with E-state index in [9.17, 15) is 4.79 Å². The first-order chi connectivity index (χ1) is 13.7. The molecule has 8 nitrogen and oxygen atoms in total. The van der Waals surface area contributed by atoms with Crippen LogP contribution in [0, 0.1) is 0 Å². The number of carbonyl (C=O) groups is 1. The van der Waals surface area contributed by atoms with Gasteiger partial charge in [-0.1, -0.05) is 11.8 Å². The predicted octanol–water partition coefficient (Wildman–Crippen LogP) is 3.66. The van der Waals surface area contributed by atoms with Crippen molar-refractivity contribution in [1.29, 1.82) is 0 Å². The Morgan fingerprint density at radius 3 is 2.64 bits per heavy atom. The largest absolute Gasteiger partial charge is 0.494 e. The van der Waals surface area contributed by atoms with Gasteiger partial charge in [-0.05, 0) is 38.1 Å². The Balaban J connectivity index is 1.61. The summed E-state index contributed by atoms with van der Waals surface area (Å²) in [6, 6.07) is 8.87. The maximum atomic E-state index is 12.4. The number of amides is 1. The summed E-state index contributed by atoms with van der Waals surface area (Å²) >= 11 is 1.16. The molecule has 1 N–H and O–H groups in total. The Hall–Kier alpha value is -3.07. The predicted molar refractivity (Wildman–Crippen MR) is 106 cm³/mol. The second-order valence-electron chi connectivity index (χ2n) is 5.47. The number of hydrogen-bond donors (Lipinski definition) is 1. The number of anilines is 1. The van der Waals surface area contributed by atoms with Crippen molar-refractivity contribution >= 4 is 23.4 Å². The minimum Gasteiger partial charge on any atom is -0.494 e. The number of thioether (sulfide) groups is 1. The fraction of sp³-hybridized carbons (Fsp3) is 0.263. The molecule has 0 aliphatic carbocycles. The summed E-state index contributed by atoms with van der Waals surface area (Å²) in [4.78, 5) is 16.3. The molecule has 146 valence electrons. The van der Waals surface area contributed by atoms with E-state index in [1.54, 1.807) is 42.7 Å². The quantitative estimate of drug-likeness (QED) is 0.543. The second kappa shape index (κ2) is 9.75. The maximum absolute atomic E-state index is 12.4. The molecule has 9 heteroatoms. The molecule has 0 radical (unpaired) electrons. The van der Waals surface area contributed by atoms with E-state index < -0.39 is 0 Å². The first kappa shape index (κ1) is 19.7. The lowest BCUT2D eigenvalue weighted by atomic mass is 10.2. The highest BCUT2D eigenvalue weighted by molar-refractivity contribution is 7.99. The summed E-state index contributed by atoms with van der Waals surface area (Å²) in [6.45, 7) is 4.81. The topological polar surface area (TPSA) is 99.4 Å². The van der Waals surface area contributed by atoms with Crippen molar-refractivity contribution in [2.45, 2.75) is 19.1 Å². The fourth-order valence-electron chi connectivity index (χ4n) is 2.34. The Bertz CT molecular complexity index is 917. The third-order valence-electron chi connectivity index (χ3n) is 3.50. The highest BCUT2D eigenvalue weighted by Crippen LogP contribution is 2.30. The van der Waals surface area contributed by atoms with Crippen LogP contribution in [0.1, 0.15) is 13.8 Å². The summed E-state index contributed by atoms with van der Waals surface area (Å²) in [6.07, 6.45) is 3.29. The lowest BCUT2D eigenvalue weighted by Crippen LogP contribution is -2.15. The van der Waals surface area contributed by atoms with Gasteiger partial charge in [0.05, 0.1) is 24.7 Å². The third-order valence-corrected chi connectivity index (χ3v) is 4.31. The number of nitrogens with zero attached hydrogens (tertiary/aromatic N) is 3. The Morgan fingerprint density at radius 2 is 1.89 bits per heavy atom. The van der Waals surface area contributed by atoms with E-state index in [0.29, 0.717) is 41.5 Å². The monoisotopic (exact) mass is 400 g/mol. The van der Waals surface area contributed by atoms with Crippen LogP contribution in [0.3, 0.4) is 0 Å².